The number of nitrogens with zero attached hydrogens (tertiary/aromatic N) is 2. The van der Waals surface area contributed by atoms with E-state index in [2.05, 4.69) is 15.6 Å². The van der Waals surface area contributed by atoms with Gasteiger partial charge in [-0.3, -0.25) is 9.78 Å². The van der Waals surface area contributed by atoms with E-state index >= 15 is 0 Å². The van der Waals surface area contributed by atoms with Gasteiger partial charge in [0.25, 0.3) is 0 Å². The Morgan fingerprint density at radius 3 is 2.28 bits per heavy atom. The highest BCUT2D eigenvalue weighted by Gasteiger charge is 2.31. The van der Waals surface area contributed by atoms with Crippen LogP contribution in [0.3, 0.4) is 0 Å². The summed E-state index contributed by atoms with van der Waals surface area (Å²) >= 11 is 0. The van der Waals surface area contributed by atoms with Gasteiger partial charge in [-0.25, -0.2) is 4.79 Å². The van der Waals surface area contributed by atoms with Crippen molar-refractivity contribution in [2.24, 2.45) is 0 Å². The molecule has 6 heteroatoms. The van der Waals surface area contributed by atoms with E-state index in [9.17, 15) is 9.59 Å². The zero-order chi connectivity index (χ0) is 17.8. The predicted molar refractivity (Wildman–Crippen MR) is 95.8 cm³/mol. The summed E-state index contributed by atoms with van der Waals surface area (Å²) in [4.78, 5) is 28.9. The lowest BCUT2D eigenvalue weighted by Gasteiger charge is -2.39. The van der Waals surface area contributed by atoms with Crippen molar-refractivity contribution >= 4 is 11.9 Å². The molecule has 1 fully saturated rings. The Morgan fingerprint density at radius 2 is 1.68 bits per heavy atom. The molecular weight excluding hydrogens is 316 g/mol. The number of nitrogens with one attached hydrogen (secondary N) is 2. The molecule has 2 heterocycles. The van der Waals surface area contributed by atoms with Gasteiger partial charge in [-0.15, -0.1) is 0 Å². The Bertz CT molecular complexity index is 740. The van der Waals surface area contributed by atoms with Crippen LogP contribution in [-0.2, 0) is 4.79 Å². The summed E-state index contributed by atoms with van der Waals surface area (Å²) in [7, 11) is 0. The average molecular weight is 338 g/mol. The lowest BCUT2D eigenvalue weighted by atomic mass is 10.0. The van der Waals surface area contributed by atoms with Crippen molar-refractivity contribution in [1.82, 2.24) is 20.5 Å². The van der Waals surface area contributed by atoms with E-state index < -0.39 is 0 Å². The minimum atomic E-state index is -0.104. The fourth-order valence-electron chi connectivity index (χ4n) is 2.89. The van der Waals surface area contributed by atoms with Gasteiger partial charge >= 0.3 is 6.03 Å². The van der Waals surface area contributed by atoms with Gasteiger partial charge in [-0.2, -0.15) is 0 Å². The van der Waals surface area contributed by atoms with E-state index in [1.807, 2.05) is 43.3 Å². The fourth-order valence-corrected chi connectivity index (χ4v) is 2.89. The molecule has 0 spiro atoms. The molecule has 130 valence electrons. The summed E-state index contributed by atoms with van der Waals surface area (Å²) in [6, 6.07) is 12.0. The number of likely N-dealkylation sites (tertiary alicyclic amines) is 1. The molecule has 1 aromatic carbocycles. The third-order valence-electron chi connectivity index (χ3n) is 4.34. The van der Waals surface area contributed by atoms with Crippen molar-refractivity contribution in [3.8, 4) is 11.1 Å². The molecule has 1 saturated heterocycles. The highest BCUT2D eigenvalue weighted by atomic mass is 16.2. The number of aromatic nitrogens is 1. The van der Waals surface area contributed by atoms with Crippen LogP contribution in [0.4, 0.5) is 4.79 Å². The largest absolute Gasteiger partial charge is 0.350 e. The predicted octanol–water partition coefficient (Wildman–Crippen LogP) is 2.34. The van der Waals surface area contributed by atoms with Gasteiger partial charge in [0.05, 0.1) is 12.1 Å². The molecular formula is C19H22N4O2. The summed E-state index contributed by atoms with van der Waals surface area (Å²) in [5.41, 5.74) is 3.28. The summed E-state index contributed by atoms with van der Waals surface area (Å²) < 4.78 is 0. The minimum Gasteiger partial charge on any atom is -0.350 e. The van der Waals surface area contributed by atoms with Gasteiger partial charge in [0.2, 0.25) is 5.91 Å². The summed E-state index contributed by atoms with van der Waals surface area (Å²) in [5.74, 6) is -0.0623. The lowest BCUT2D eigenvalue weighted by molar-refractivity contribution is -0.120. The van der Waals surface area contributed by atoms with Crippen LogP contribution in [0.1, 0.15) is 25.5 Å². The van der Waals surface area contributed by atoms with Crippen LogP contribution in [0.25, 0.3) is 11.1 Å². The number of carbonyl (C=O) groups is 2. The van der Waals surface area contributed by atoms with Crippen molar-refractivity contribution in [3.05, 3.63) is 54.4 Å². The maximum Gasteiger partial charge on any atom is 0.318 e. The third-order valence-corrected chi connectivity index (χ3v) is 4.34. The molecule has 3 rings (SSSR count). The van der Waals surface area contributed by atoms with Crippen LogP contribution in [0, 0.1) is 0 Å². The number of hydrogen-bond acceptors (Lipinski definition) is 3. The van der Waals surface area contributed by atoms with Crippen LogP contribution >= 0.6 is 0 Å². The smallest absolute Gasteiger partial charge is 0.318 e. The third kappa shape index (κ3) is 4.15. The molecule has 1 aliphatic heterocycles. The fraction of sp³-hybridized carbons (Fsp3) is 0.316. The molecule has 1 atom stereocenters. The second-order valence-corrected chi connectivity index (χ2v) is 6.33. The number of benzene rings is 1. The first-order valence-electron chi connectivity index (χ1n) is 8.36. The molecule has 1 aliphatic rings. The number of amides is 3. The quantitative estimate of drug-likeness (QED) is 0.898. The van der Waals surface area contributed by atoms with Gasteiger partial charge in [0.15, 0.2) is 0 Å². The van der Waals surface area contributed by atoms with Crippen molar-refractivity contribution in [2.45, 2.75) is 25.9 Å². The summed E-state index contributed by atoms with van der Waals surface area (Å²) in [6.45, 7) is 4.56. The molecule has 0 unspecified atom stereocenters. The Morgan fingerprint density at radius 1 is 1.08 bits per heavy atom. The summed E-state index contributed by atoms with van der Waals surface area (Å²) in [6.07, 6.45) is 3.54. The second kappa shape index (κ2) is 7.34. The zero-order valence-corrected chi connectivity index (χ0v) is 14.4. The van der Waals surface area contributed by atoms with Crippen molar-refractivity contribution in [1.29, 1.82) is 0 Å². The lowest BCUT2D eigenvalue weighted by Crippen LogP contribution is -2.62. The van der Waals surface area contributed by atoms with Gasteiger partial charge < -0.3 is 15.5 Å². The molecule has 6 nitrogen and oxygen atoms in total. The molecule has 25 heavy (non-hydrogen) atoms. The number of pyridine rings is 1. The SMILES string of the molecule is CC(=O)NC1CN(C(=O)N[C@H](C)c2ccc(-c3ccncc3)cc2)C1. The van der Waals surface area contributed by atoms with Crippen LogP contribution in [0.5, 0.6) is 0 Å². The van der Waals surface area contributed by atoms with Crippen LogP contribution < -0.4 is 10.6 Å². The molecule has 0 radical (unpaired) electrons. The minimum absolute atomic E-state index is 0.0623. The van der Waals surface area contributed by atoms with Crippen molar-refractivity contribution < 1.29 is 9.59 Å². The second-order valence-electron chi connectivity index (χ2n) is 6.33. The standard InChI is InChI=1S/C19H22N4O2/c1-13(21-19(25)23-11-18(12-23)22-14(2)24)15-3-5-16(6-4-15)17-7-9-20-10-8-17/h3-10,13,18H,11-12H2,1-2H3,(H,21,25)(H,22,24)/t13-/m1/s1. The number of rotatable bonds is 4. The first kappa shape index (κ1) is 17.0. The Hall–Kier alpha value is -2.89. The van der Waals surface area contributed by atoms with Crippen LogP contribution in [0.15, 0.2) is 48.8 Å². The Balaban J connectivity index is 1.54. The van der Waals surface area contributed by atoms with Gasteiger partial charge in [0.1, 0.15) is 0 Å². The number of carbonyl (C=O) groups excluding carboxylic acids is 2. The van der Waals surface area contributed by atoms with Gasteiger partial charge in [0, 0.05) is 32.4 Å². The monoisotopic (exact) mass is 338 g/mol. The maximum atomic E-state index is 12.2. The highest BCUT2D eigenvalue weighted by Crippen LogP contribution is 2.21. The van der Waals surface area contributed by atoms with Crippen molar-refractivity contribution in [2.75, 3.05) is 13.1 Å². The first-order chi connectivity index (χ1) is 12.0. The van der Waals surface area contributed by atoms with Crippen LogP contribution in [0.2, 0.25) is 0 Å². The molecule has 2 aromatic rings. The number of urea groups is 1. The highest BCUT2D eigenvalue weighted by molar-refractivity contribution is 5.77. The first-order valence-corrected chi connectivity index (χ1v) is 8.36. The van der Waals surface area contributed by atoms with Gasteiger partial charge in [-0.1, -0.05) is 24.3 Å². The maximum absolute atomic E-state index is 12.2. The van der Waals surface area contributed by atoms with E-state index in [-0.39, 0.29) is 24.0 Å². The van der Waals surface area contributed by atoms with Crippen LogP contribution in [-0.4, -0.2) is 41.0 Å². The molecule has 3 amide bonds. The van der Waals surface area contributed by atoms with E-state index in [0.717, 1.165) is 16.7 Å². The van der Waals surface area contributed by atoms with E-state index in [4.69, 9.17) is 0 Å². The topological polar surface area (TPSA) is 74.3 Å². The molecule has 2 N–H and O–H groups in total. The number of hydrogen-bond donors (Lipinski definition) is 2. The van der Waals surface area contributed by atoms with Crippen molar-refractivity contribution in [3.63, 3.8) is 0 Å². The van der Waals surface area contributed by atoms with E-state index in [1.165, 1.54) is 6.92 Å². The summed E-state index contributed by atoms with van der Waals surface area (Å²) in [5, 5.41) is 5.80. The molecule has 0 saturated carbocycles. The molecule has 1 aromatic heterocycles. The zero-order valence-electron chi connectivity index (χ0n) is 14.4. The van der Waals surface area contributed by atoms with E-state index in [0.29, 0.717) is 13.1 Å². The van der Waals surface area contributed by atoms with Gasteiger partial charge in [-0.05, 0) is 35.7 Å². The molecule has 0 aliphatic carbocycles. The van der Waals surface area contributed by atoms with E-state index in [1.54, 1.807) is 17.3 Å². The normalized spacial score (nSPS) is 15.2. The Kier molecular flexibility index (Phi) is 4.97. The molecule has 0 bridgehead atoms. The average Bonchev–Trinajstić information content (AvgIpc) is 2.58. The Labute approximate surface area is 147 Å².